The Balaban J connectivity index is 3.38. The number of carbonyl (C=O) groups is 1. The largest absolute Gasteiger partial charge is 0.459 e. The molecule has 0 fully saturated rings. The molecule has 0 amide bonds. The maximum atomic E-state index is 10.6. The molecule has 0 aromatic carbocycles. The molecule has 0 saturated heterocycles. The highest BCUT2D eigenvalue weighted by atomic mass is 16.5. The summed E-state index contributed by atoms with van der Waals surface area (Å²) in [6.07, 6.45) is 3.48. The van der Waals surface area contributed by atoms with Gasteiger partial charge in [-0.05, 0) is 12.8 Å². The van der Waals surface area contributed by atoms with Crippen molar-refractivity contribution in [2.45, 2.75) is 12.8 Å². The van der Waals surface area contributed by atoms with Crippen molar-refractivity contribution >= 4 is 5.97 Å². The Bertz CT molecular complexity index is 281. The van der Waals surface area contributed by atoms with Crippen molar-refractivity contribution in [2.24, 2.45) is 0 Å². The fraction of sp³-hybridized carbons (Fsp3) is 0.417. The fourth-order valence-corrected chi connectivity index (χ4v) is 0.786. The SMILES string of the molecule is C=CC(=C)CCCOCC#CC(=O)OC. The summed E-state index contributed by atoms with van der Waals surface area (Å²) in [5.41, 5.74) is 0.999. The highest BCUT2D eigenvalue weighted by molar-refractivity contribution is 5.88. The number of esters is 1. The molecule has 0 N–H and O–H groups in total. The van der Waals surface area contributed by atoms with E-state index in [0.29, 0.717) is 6.61 Å². The quantitative estimate of drug-likeness (QED) is 0.219. The monoisotopic (exact) mass is 208 g/mol. The van der Waals surface area contributed by atoms with Crippen LogP contribution in [0, 0.1) is 11.8 Å². The lowest BCUT2D eigenvalue weighted by Crippen LogP contribution is -1.98. The van der Waals surface area contributed by atoms with E-state index in [4.69, 9.17) is 4.74 Å². The number of allylic oxidation sites excluding steroid dienone is 2. The van der Waals surface area contributed by atoms with Crippen molar-refractivity contribution in [1.82, 2.24) is 0 Å². The second kappa shape index (κ2) is 9.04. The van der Waals surface area contributed by atoms with E-state index in [1.807, 2.05) is 0 Å². The Morgan fingerprint density at radius 3 is 2.87 bits per heavy atom. The van der Waals surface area contributed by atoms with Crippen molar-refractivity contribution in [3.8, 4) is 11.8 Å². The van der Waals surface area contributed by atoms with Gasteiger partial charge in [0.05, 0.1) is 7.11 Å². The summed E-state index contributed by atoms with van der Waals surface area (Å²) in [7, 11) is 1.29. The van der Waals surface area contributed by atoms with Crippen LogP contribution in [0.5, 0.6) is 0 Å². The molecule has 0 radical (unpaired) electrons. The maximum Gasteiger partial charge on any atom is 0.384 e. The van der Waals surface area contributed by atoms with E-state index in [0.717, 1.165) is 18.4 Å². The lowest BCUT2D eigenvalue weighted by molar-refractivity contribution is -0.133. The van der Waals surface area contributed by atoms with Crippen LogP contribution >= 0.6 is 0 Å². The predicted octanol–water partition coefficient (Wildman–Crippen LogP) is 1.70. The maximum absolute atomic E-state index is 10.6. The van der Waals surface area contributed by atoms with Crippen LogP contribution in [0.3, 0.4) is 0 Å². The molecular weight excluding hydrogens is 192 g/mol. The molecule has 0 saturated carbocycles. The van der Waals surface area contributed by atoms with Crippen molar-refractivity contribution in [3.63, 3.8) is 0 Å². The van der Waals surface area contributed by atoms with Gasteiger partial charge in [-0.2, -0.15) is 0 Å². The van der Waals surface area contributed by atoms with Gasteiger partial charge in [0, 0.05) is 12.5 Å². The molecule has 0 aromatic rings. The minimum atomic E-state index is -0.543. The molecule has 0 aromatic heterocycles. The zero-order valence-electron chi connectivity index (χ0n) is 9.04. The first kappa shape index (κ1) is 13.5. The molecule has 0 rings (SSSR count). The van der Waals surface area contributed by atoms with E-state index < -0.39 is 5.97 Å². The minimum absolute atomic E-state index is 0.246. The normalized spacial score (nSPS) is 8.60. The molecule has 0 heterocycles. The Kier molecular flexibility index (Phi) is 8.12. The lowest BCUT2D eigenvalue weighted by Gasteiger charge is -1.99. The highest BCUT2D eigenvalue weighted by Gasteiger charge is 1.90. The molecular formula is C12H16O3. The van der Waals surface area contributed by atoms with Crippen molar-refractivity contribution in [2.75, 3.05) is 20.3 Å². The van der Waals surface area contributed by atoms with Gasteiger partial charge in [0.1, 0.15) is 6.61 Å². The van der Waals surface area contributed by atoms with Crippen LogP contribution in [0.25, 0.3) is 0 Å². The molecule has 0 aliphatic carbocycles. The number of methoxy groups -OCH3 is 1. The molecule has 3 nitrogen and oxygen atoms in total. The smallest absolute Gasteiger partial charge is 0.384 e. The lowest BCUT2D eigenvalue weighted by atomic mass is 10.2. The predicted molar refractivity (Wildman–Crippen MR) is 59.2 cm³/mol. The standard InChI is InChI=1S/C12H16O3/c1-4-11(2)7-5-9-15-10-6-8-12(13)14-3/h4H,1-2,5,7,9-10H2,3H3. The third-order valence-corrected chi connectivity index (χ3v) is 1.63. The zero-order chi connectivity index (χ0) is 11.5. The molecule has 0 bridgehead atoms. The van der Waals surface area contributed by atoms with Crippen LogP contribution in [0.15, 0.2) is 24.8 Å². The van der Waals surface area contributed by atoms with E-state index in [1.54, 1.807) is 6.08 Å². The summed E-state index contributed by atoms with van der Waals surface area (Å²) in [5, 5.41) is 0. The number of hydrogen-bond acceptors (Lipinski definition) is 3. The molecule has 3 heteroatoms. The second-order valence-corrected chi connectivity index (χ2v) is 2.81. The van der Waals surface area contributed by atoms with Crippen LogP contribution < -0.4 is 0 Å². The van der Waals surface area contributed by atoms with Crippen LogP contribution in [0.2, 0.25) is 0 Å². The summed E-state index contributed by atoms with van der Waals surface area (Å²) in [6, 6.07) is 0. The third kappa shape index (κ3) is 8.79. The van der Waals surface area contributed by atoms with Crippen LogP contribution in [0.4, 0.5) is 0 Å². The Morgan fingerprint density at radius 1 is 1.53 bits per heavy atom. The van der Waals surface area contributed by atoms with Crippen molar-refractivity contribution < 1.29 is 14.3 Å². The molecule has 0 unspecified atom stereocenters. The van der Waals surface area contributed by atoms with Gasteiger partial charge in [0.25, 0.3) is 0 Å². The van der Waals surface area contributed by atoms with Gasteiger partial charge < -0.3 is 9.47 Å². The van der Waals surface area contributed by atoms with E-state index >= 15 is 0 Å². The van der Waals surface area contributed by atoms with Gasteiger partial charge in [-0.3, -0.25) is 0 Å². The number of hydrogen-bond donors (Lipinski definition) is 0. The topological polar surface area (TPSA) is 35.5 Å². The highest BCUT2D eigenvalue weighted by Crippen LogP contribution is 2.02. The van der Waals surface area contributed by atoms with Gasteiger partial charge in [-0.1, -0.05) is 30.7 Å². The first-order valence-corrected chi connectivity index (χ1v) is 4.65. The number of rotatable bonds is 6. The fourth-order valence-electron chi connectivity index (χ4n) is 0.786. The van der Waals surface area contributed by atoms with Crippen LogP contribution in [-0.2, 0) is 14.3 Å². The van der Waals surface area contributed by atoms with Gasteiger partial charge in [0.2, 0.25) is 0 Å². The van der Waals surface area contributed by atoms with Crippen molar-refractivity contribution in [3.05, 3.63) is 24.8 Å². The average molecular weight is 208 g/mol. The van der Waals surface area contributed by atoms with Gasteiger partial charge in [-0.25, -0.2) is 4.79 Å². The summed E-state index contributed by atoms with van der Waals surface area (Å²) in [4.78, 5) is 10.6. The molecule has 82 valence electrons. The van der Waals surface area contributed by atoms with Crippen LogP contribution in [-0.4, -0.2) is 26.3 Å². The van der Waals surface area contributed by atoms with E-state index in [1.165, 1.54) is 7.11 Å². The average Bonchev–Trinajstić information content (AvgIpc) is 2.26. The van der Waals surface area contributed by atoms with Crippen molar-refractivity contribution in [1.29, 1.82) is 0 Å². The first-order valence-electron chi connectivity index (χ1n) is 4.65. The zero-order valence-corrected chi connectivity index (χ0v) is 9.04. The van der Waals surface area contributed by atoms with E-state index in [9.17, 15) is 4.79 Å². The molecule has 15 heavy (non-hydrogen) atoms. The van der Waals surface area contributed by atoms with Gasteiger partial charge in [-0.15, -0.1) is 0 Å². The molecule has 0 spiro atoms. The molecule has 0 aliphatic heterocycles. The van der Waals surface area contributed by atoms with Crippen LogP contribution in [0.1, 0.15) is 12.8 Å². The molecule has 0 atom stereocenters. The third-order valence-electron chi connectivity index (χ3n) is 1.63. The van der Waals surface area contributed by atoms with Gasteiger partial charge >= 0.3 is 5.97 Å². The van der Waals surface area contributed by atoms with Gasteiger partial charge in [0.15, 0.2) is 0 Å². The van der Waals surface area contributed by atoms with E-state index in [-0.39, 0.29) is 6.61 Å². The Hall–Kier alpha value is -1.53. The summed E-state index contributed by atoms with van der Waals surface area (Å²) >= 11 is 0. The number of ether oxygens (including phenoxy) is 2. The summed E-state index contributed by atoms with van der Waals surface area (Å²) in [5.74, 6) is 4.28. The van der Waals surface area contributed by atoms with E-state index in [2.05, 4.69) is 29.7 Å². The summed E-state index contributed by atoms with van der Waals surface area (Å²) < 4.78 is 9.50. The second-order valence-electron chi connectivity index (χ2n) is 2.81. The first-order chi connectivity index (χ1) is 7.20. The molecule has 0 aliphatic rings. The Morgan fingerprint density at radius 2 is 2.27 bits per heavy atom. The number of carbonyl (C=O) groups excluding carboxylic acids is 1. The Labute approximate surface area is 90.8 Å². The summed E-state index contributed by atoms with van der Waals surface area (Å²) in [6.45, 7) is 8.23. The minimum Gasteiger partial charge on any atom is -0.459 e.